The maximum Gasteiger partial charge on any atom is 0.228 e. The average molecular weight is 321 g/mol. The lowest BCUT2D eigenvalue weighted by Gasteiger charge is -2.36. The lowest BCUT2D eigenvalue weighted by Crippen LogP contribution is -2.44. The lowest BCUT2D eigenvalue weighted by atomic mass is 9.90. The Morgan fingerprint density at radius 3 is 2.70 bits per heavy atom. The number of aryl methyl sites for hydroxylation is 1. The van der Waals surface area contributed by atoms with E-state index < -0.39 is 0 Å². The monoisotopic (exact) mass is 321 g/mol. The van der Waals surface area contributed by atoms with Crippen LogP contribution in [0.2, 0.25) is 0 Å². The van der Waals surface area contributed by atoms with E-state index in [9.17, 15) is 4.79 Å². The quantitative estimate of drug-likeness (QED) is 0.850. The predicted molar refractivity (Wildman–Crippen MR) is 85.8 cm³/mol. The van der Waals surface area contributed by atoms with Gasteiger partial charge >= 0.3 is 0 Å². The van der Waals surface area contributed by atoms with Crippen LogP contribution in [-0.2, 0) is 21.3 Å². The molecule has 1 saturated heterocycles. The molecule has 2 atom stereocenters. The van der Waals surface area contributed by atoms with Gasteiger partial charge in [-0.2, -0.15) is 0 Å². The fraction of sp³-hybridized carbons (Fsp3) is 0.765. The fourth-order valence-electron chi connectivity index (χ4n) is 3.86. The molecular formula is C17H27N3O3. The van der Waals surface area contributed by atoms with E-state index in [0.717, 1.165) is 37.9 Å². The Hall–Kier alpha value is -1.40. The summed E-state index contributed by atoms with van der Waals surface area (Å²) in [5, 5.41) is 0. The Morgan fingerprint density at radius 2 is 2.09 bits per heavy atom. The Balaban J connectivity index is 1.66. The molecule has 1 aromatic rings. The molecule has 0 unspecified atom stereocenters. The van der Waals surface area contributed by atoms with Crippen LogP contribution >= 0.6 is 0 Å². The van der Waals surface area contributed by atoms with E-state index in [1.807, 2.05) is 29.8 Å². The first-order chi connectivity index (χ1) is 11.1. The van der Waals surface area contributed by atoms with Crippen molar-refractivity contribution in [1.29, 1.82) is 0 Å². The molecule has 128 valence electrons. The standard InChI is InChI=1S/C17H27N3O3/c1-19-10-9-18-16(19)15-14(8-11-23-15)17(21)20(2)12-4-6-13(22-3)7-5-12/h9-10,12-15H,4-8,11H2,1-3H3/t12?,13?,14-,15-/m1/s1. The molecule has 6 nitrogen and oxygen atoms in total. The molecular weight excluding hydrogens is 294 g/mol. The van der Waals surface area contributed by atoms with Gasteiger partial charge in [0.2, 0.25) is 5.91 Å². The van der Waals surface area contributed by atoms with Crippen molar-refractivity contribution in [3.63, 3.8) is 0 Å². The second-order valence-corrected chi connectivity index (χ2v) is 6.70. The number of aromatic nitrogens is 2. The van der Waals surface area contributed by atoms with Crippen LogP contribution in [0.15, 0.2) is 12.4 Å². The smallest absolute Gasteiger partial charge is 0.228 e. The summed E-state index contributed by atoms with van der Waals surface area (Å²) >= 11 is 0. The highest BCUT2D eigenvalue weighted by Crippen LogP contribution is 2.36. The van der Waals surface area contributed by atoms with Crippen molar-refractivity contribution >= 4 is 5.91 Å². The van der Waals surface area contributed by atoms with Gasteiger partial charge < -0.3 is 18.9 Å². The van der Waals surface area contributed by atoms with Crippen LogP contribution < -0.4 is 0 Å². The van der Waals surface area contributed by atoms with Gasteiger partial charge in [0.15, 0.2) is 0 Å². The molecule has 23 heavy (non-hydrogen) atoms. The number of hydrogen-bond acceptors (Lipinski definition) is 4. The van der Waals surface area contributed by atoms with Crippen LogP contribution in [0, 0.1) is 5.92 Å². The van der Waals surface area contributed by atoms with Crippen molar-refractivity contribution < 1.29 is 14.3 Å². The SMILES string of the molecule is COC1CCC(N(C)C(=O)[C@@H]2CCO[C@H]2c2nccn2C)CC1. The van der Waals surface area contributed by atoms with Crippen LogP contribution in [0.25, 0.3) is 0 Å². The van der Waals surface area contributed by atoms with E-state index >= 15 is 0 Å². The first kappa shape index (κ1) is 16.5. The number of nitrogens with zero attached hydrogens (tertiary/aromatic N) is 3. The molecule has 0 aromatic carbocycles. The van der Waals surface area contributed by atoms with Gasteiger partial charge in [0.25, 0.3) is 0 Å². The maximum atomic E-state index is 13.0. The minimum absolute atomic E-state index is 0.124. The fourth-order valence-corrected chi connectivity index (χ4v) is 3.86. The summed E-state index contributed by atoms with van der Waals surface area (Å²) in [6, 6.07) is 0.316. The normalized spacial score (nSPS) is 31.3. The van der Waals surface area contributed by atoms with E-state index in [1.165, 1.54) is 0 Å². The lowest BCUT2D eigenvalue weighted by molar-refractivity contribution is -0.139. The van der Waals surface area contributed by atoms with Crippen molar-refractivity contribution in [3.8, 4) is 0 Å². The summed E-state index contributed by atoms with van der Waals surface area (Å²) in [5.74, 6) is 0.912. The summed E-state index contributed by atoms with van der Waals surface area (Å²) < 4.78 is 13.2. The molecule has 0 N–H and O–H groups in total. The van der Waals surface area contributed by atoms with Crippen molar-refractivity contribution in [2.24, 2.45) is 13.0 Å². The molecule has 1 aromatic heterocycles. The van der Waals surface area contributed by atoms with E-state index in [2.05, 4.69) is 4.98 Å². The molecule has 1 aliphatic heterocycles. The second-order valence-electron chi connectivity index (χ2n) is 6.70. The Kier molecular flexibility index (Phi) is 5.02. The third-order valence-corrected chi connectivity index (χ3v) is 5.39. The summed E-state index contributed by atoms with van der Waals surface area (Å²) in [4.78, 5) is 19.3. The highest BCUT2D eigenvalue weighted by molar-refractivity contribution is 5.80. The molecule has 2 heterocycles. The Bertz CT molecular complexity index is 537. The highest BCUT2D eigenvalue weighted by atomic mass is 16.5. The molecule has 1 amide bonds. The third-order valence-electron chi connectivity index (χ3n) is 5.39. The highest BCUT2D eigenvalue weighted by Gasteiger charge is 2.40. The van der Waals surface area contributed by atoms with Crippen molar-refractivity contribution in [1.82, 2.24) is 14.5 Å². The first-order valence-electron chi connectivity index (χ1n) is 8.50. The van der Waals surface area contributed by atoms with Gasteiger partial charge in [-0.3, -0.25) is 4.79 Å². The number of amides is 1. The first-order valence-corrected chi connectivity index (χ1v) is 8.50. The van der Waals surface area contributed by atoms with E-state index in [4.69, 9.17) is 9.47 Å². The van der Waals surface area contributed by atoms with Crippen molar-refractivity contribution in [2.75, 3.05) is 20.8 Å². The maximum absolute atomic E-state index is 13.0. The van der Waals surface area contributed by atoms with Gasteiger partial charge in [-0.05, 0) is 32.1 Å². The zero-order chi connectivity index (χ0) is 16.4. The zero-order valence-corrected chi connectivity index (χ0v) is 14.3. The molecule has 3 rings (SSSR count). The number of ether oxygens (including phenoxy) is 2. The van der Waals surface area contributed by atoms with Gasteiger partial charge in [-0.25, -0.2) is 4.98 Å². The van der Waals surface area contributed by atoms with Crippen molar-refractivity contribution in [3.05, 3.63) is 18.2 Å². The van der Waals surface area contributed by atoms with Crippen LogP contribution in [-0.4, -0.2) is 53.3 Å². The summed E-state index contributed by atoms with van der Waals surface area (Å²) in [6.45, 7) is 0.623. The van der Waals surface area contributed by atoms with Crippen LogP contribution in [0.1, 0.15) is 44.0 Å². The molecule has 0 bridgehead atoms. The summed E-state index contributed by atoms with van der Waals surface area (Å²) in [6.07, 6.45) is 8.65. The van der Waals surface area contributed by atoms with Gasteiger partial charge in [0, 0.05) is 46.2 Å². The Morgan fingerprint density at radius 1 is 1.35 bits per heavy atom. The predicted octanol–water partition coefficient (Wildman–Crippen LogP) is 1.91. The third kappa shape index (κ3) is 3.28. The molecule has 2 fully saturated rings. The molecule has 1 aliphatic carbocycles. The van der Waals surface area contributed by atoms with Crippen LogP contribution in [0.3, 0.4) is 0 Å². The topological polar surface area (TPSA) is 56.6 Å². The van der Waals surface area contributed by atoms with Gasteiger partial charge in [-0.15, -0.1) is 0 Å². The average Bonchev–Trinajstić information content (AvgIpc) is 3.21. The van der Waals surface area contributed by atoms with E-state index in [-0.39, 0.29) is 17.9 Å². The molecule has 1 saturated carbocycles. The Labute approximate surface area is 137 Å². The molecule has 0 spiro atoms. The van der Waals surface area contributed by atoms with E-state index in [0.29, 0.717) is 18.8 Å². The van der Waals surface area contributed by atoms with Crippen LogP contribution in [0.4, 0.5) is 0 Å². The number of methoxy groups -OCH3 is 1. The van der Waals surface area contributed by atoms with Crippen molar-refractivity contribution in [2.45, 2.75) is 50.4 Å². The number of rotatable bonds is 4. The van der Waals surface area contributed by atoms with Gasteiger partial charge in [0.1, 0.15) is 11.9 Å². The zero-order valence-electron chi connectivity index (χ0n) is 14.3. The largest absolute Gasteiger partial charge is 0.381 e. The molecule has 6 heteroatoms. The van der Waals surface area contributed by atoms with E-state index in [1.54, 1.807) is 13.3 Å². The van der Waals surface area contributed by atoms with Gasteiger partial charge in [0.05, 0.1) is 12.0 Å². The second kappa shape index (κ2) is 7.01. The molecule has 2 aliphatic rings. The minimum Gasteiger partial charge on any atom is -0.381 e. The minimum atomic E-state index is -0.222. The number of carbonyl (C=O) groups excluding carboxylic acids is 1. The number of imidazole rings is 1. The summed E-state index contributed by atoms with van der Waals surface area (Å²) in [7, 11) is 5.66. The van der Waals surface area contributed by atoms with Crippen LogP contribution in [0.5, 0.6) is 0 Å². The number of carbonyl (C=O) groups is 1. The van der Waals surface area contributed by atoms with Gasteiger partial charge in [-0.1, -0.05) is 0 Å². The summed E-state index contributed by atoms with van der Waals surface area (Å²) in [5.41, 5.74) is 0. The molecule has 0 radical (unpaired) electrons. The number of hydrogen-bond donors (Lipinski definition) is 0.